The zero-order valence-corrected chi connectivity index (χ0v) is 19.7. The first-order valence-corrected chi connectivity index (χ1v) is 11.6. The molecule has 34 heavy (non-hydrogen) atoms. The van der Waals surface area contributed by atoms with Crippen LogP contribution < -0.4 is 0 Å². The van der Waals surface area contributed by atoms with Gasteiger partial charge in [0.25, 0.3) is 0 Å². The smallest absolute Gasteiger partial charge is 0.330 e. The van der Waals surface area contributed by atoms with Crippen LogP contribution in [0.4, 0.5) is 0 Å². The summed E-state index contributed by atoms with van der Waals surface area (Å²) in [6.45, 7) is 3.09. The number of benzene rings is 3. The molecule has 0 atom stereocenters. The van der Waals surface area contributed by atoms with Crippen LogP contribution in [0, 0.1) is 0 Å². The summed E-state index contributed by atoms with van der Waals surface area (Å²) < 4.78 is 10.8. The molecule has 0 spiro atoms. The molecule has 0 aliphatic rings. The summed E-state index contributed by atoms with van der Waals surface area (Å²) in [4.78, 5) is 11.8. The molecule has 0 amide bonds. The molecular weight excluding hydrogens is 420 g/mol. The second kappa shape index (κ2) is 14.5. The Morgan fingerprint density at radius 2 is 1.38 bits per heavy atom. The number of allylic oxidation sites excluding steroid dienone is 4. The minimum Gasteiger partial charge on any atom is -0.460 e. The predicted octanol–water partition coefficient (Wildman–Crippen LogP) is 6.98. The molecule has 0 heterocycles. The number of hydrogen-bond acceptors (Lipinski definition) is 3. The summed E-state index contributed by atoms with van der Waals surface area (Å²) in [7, 11) is 0. The van der Waals surface area contributed by atoms with E-state index < -0.39 is 0 Å². The third-order valence-electron chi connectivity index (χ3n) is 5.44. The Kier molecular flexibility index (Phi) is 10.6. The van der Waals surface area contributed by atoms with Gasteiger partial charge in [-0.1, -0.05) is 115 Å². The van der Waals surface area contributed by atoms with E-state index in [1.165, 1.54) is 17.2 Å². The van der Waals surface area contributed by atoms with Crippen LogP contribution in [-0.2, 0) is 14.3 Å². The fraction of sp³-hybridized carbons (Fsp3) is 0.194. The summed E-state index contributed by atoms with van der Waals surface area (Å²) in [5.74, 6) is -0.0595. The fourth-order valence-electron chi connectivity index (χ4n) is 3.60. The average molecular weight is 453 g/mol. The lowest BCUT2D eigenvalue weighted by molar-refractivity contribution is -0.139. The monoisotopic (exact) mass is 452 g/mol. The highest BCUT2D eigenvalue weighted by Crippen LogP contribution is 2.28. The third-order valence-corrected chi connectivity index (χ3v) is 5.44. The largest absolute Gasteiger partial charge is 0.460 e. The lowest BCUT2D eigenvalue weighted by Gasteiger charge is -2.16. The molecular formula is C31H32O3. The molecule has 0 saturated heterocycles. The lowest BCUT2D eigenvalue weighted by Crippen LogP contribution is -2.08. The van der Waals surface area contributed by atoms with Gasteiger partial charge in [0.15, 0.2) is 0 Å². The number of esters is 1. The van der Waals surface area contributed by atoms with E-state index in [0.29, 0.717) is 19.1 Å². The van der Waals surface area contributed by atoms with E-state index in [9.17, 15) is 4.79 Å². The quantitative estimate of drug-likeness (QED) is 0.0977. The van der Waals surface area contributed by atoms with Crippen molar-refractivity contribution in [1.82, 2.24) is 0 Å². The molecule has 3 heteroatoms. The summed E-state index contributed by atoms with van der Waals surface area (Å²) in [5, 5.41) is 0. The molecule has 174 valence electrons. The van der Waals surface area contributed by atoms with E-state index in [1.54, 1.807) is 6.08 Å². The van der Waals surface area contributed by atoms with E-state index in [0.717, 1.165) is 17.6 Å². The molecule has 3 aromatic carbocycles. The molecule has 0 fully saturated rings. The molecule has 3 rings (SSSR count). The van der Waals surface area contributed by atoms with Gasteiger partial charge >= 0.3 is 5.97 Å². The highest BCUT2D eigenvalue weighted by molar-refractivity contribution is 5.82. The molecule has 0 radical (unpaired) electrons. The van der Waals surface area contributed by atoms with Crippen molar-refractivity contribution in [2.24, 2.45) is 0 Å². The molecule has 0 bridgehead atoms. The van der Waals surface area contributed by atoms with E-state index in [-0.39, 0.29) is 12.6 Å². The lowest BCUT2D eigenvalue weighted by atomic mass is 9.88. The number of hydrogen-bond donors (Lipinski definition) is 0. The zero-order chi connectivity index (χ0) is 23.8. The number of ether oxygens (including phenoxy) is 2. The van der Waals surface area contributed by atoms with Gasteiger partial charge in [-0.15, -0.1) is 0 Å². The van der Waals surface area contributed by atoms with Crippen molar-refractivity contribution >= 4 is 11.5 Å². The van der Waals surface area contributed by atoms with E-state index in [2.05, 4.69) is 54.6 Å². The summed E-state index contributed by atoms with van der Waals surface area (Å²) in [5.41, 5.74) is 4.81. The van der Waals surface area contributed by atoms with E-state index in [4.69, 9.17) is 9.47 Å². The van der Waals surface area contributed by atoms with Gasteiger partial charge in [0.1, 0.15) is 6.61 Å². The second-order valence-electron chi connectivity index (χ2n) is 7.90. The van der Waals surface area contributed by atoms with Crippen LogP contribution in [0.5, 0.6) is 0 Å². The summed E-state index contributed by atoms with van der Waals surface area (Å²) in [6, 6.07) is 31.1. The zero-order valence-electron chi connectivity index (χ0n) is 19.7. The molecule has 0 saturated carbocycles. The minimum atomic E-state index is -0.371. The number of carbonyl (C=O) groups is 1. The molecule has 0 N–H and O–H groups in total. The first kappa shape index (κ1) is 24.9. The number of rotatable bonds is 12. The van der Waals surface area contributed by atoms with Crippen molar-refractivity contribution in [1.29, 1.82) is 0 Å². The first-order valence-electron chi connectivity index (χ1n) is 11.6. The van der Waals surface area contributed by atoms with Gasteiger partial charge in [0.2, 0.25) is 0 Å². The van der Waals surface area contributed by atoms with Gasteiger partial charge in [0.05, 0.1) is 13.2 Å². The van der Waals surface area contributed by atoms with Crippen molar-refractivity contribution in [2.45, 2.75) is 19.3 Å². The van der Waals surface area contributed by atoms with Crippen molar-refractivity contribution in [2.75, 3.05) is 19.8 Å². The van der Waals surface area contributed by atoms with Crippen molar-refractivity contribution in [3.05, 3.63) is 138 Å². The summed E-state index contributed by atoms with van der Waals surface area (Å²) in [6.07, 6.45) is 10.1. The topological polar surface area (TPSA) is 35.5 Å². The Morgan fingerprint density at radius 3 is 2.00 bits per heavy atom. The Hall–Kier alpha value is -3.69. The Labute approximate surface area is 203 Å². The third kappa shape index (κ3) is 8.68. The van der Waals surface area contributed by atoms with Crippen LogP contribution >= 0.6 is 0 Å². The maximum Gasteiger partial charge on any atom is 0.330 e. The fourth-order valence-corrected chi connectivity index (χ4v) is 3.60. The second-order valence-corrected chi connectivity index (χ2v) is 7.90. The standard InChI is InChI=1S/C31H32O3/c1-26(27-15-5-2-6-16-27)14-13-22-31(32)34-25-24-33-23-12-11-21-30(28-17-7-3-8-18-28)29-19-9-4-10-20-29/h2-20,22,30H,21,23-25H2,1H3/b12-11-,22-13-,26-14-. The molecule has 3 aromatic rings. The predicted molar refractivity (Wildman–Crippen MR) is 139 cm³/mol. The first-order chi connectivity index (χ1) is 16.7. The Morgan fingerprint density at radius 1 is 0.794 bits per heavy atom. The Bertz CT molecular complexity index is 1030. The molecule has 0 aromatic heterocycles. The average Bonchev–Trinajstić information content (AvgIpc) is 2.89. The van der Waals surface area contributed by atoms with Crippen LogP contribution in [0.1, 0.15) is 36.0 Å². The molecule has 3 nitrogen and oxygen atoms in total. The van der Waals surface area contributed by atoms with Gasteiger partial charge in [-0.05, 0) is 35.6 Å². The normalized spacial score (nSPS) is 12.0. The van der Waals surface area contributed by atoms with Gasteiger partial charge in [-0.3, -0.25) is 0 Å². The summed E-state index contributed by atoms with van der Waals surface area (Å²) >= 11 is 0. The van der Waals surface area contributed by atoms with Gasteiger partial charge in [-0.2, -0.15) is 0 Å². The minimum absolute atomic E-state index is 0.231. The van der Waals surface area contributed by atoms with Gasteiger partial charge < -0.3 is 9.47 Å². The van der Waals surface area contributed by atoms with Crippen LogP contribution in [0.3, 0.4) is 0 Å². The van der Waals surface area contributed by atoms with E-state index in [1.807, 2.05) is 61.5 Å². The molecule has 0 unspecified atom stereocenters. The molecule has 0 aliphatic heterocycles. The van der Waals surface area contributed by atoms with Gasteiger partial charge in [-0.25, -0.2) is 4.79 Å². The van der Waals surface area contributed by atoms with Crippen molar-refractivity contribution < 1.29 is 14.3 Å². The molecule has 0 aliphatic carbocycles. The van der Waals surface area contributed by atoms with Crippen molar-refractivity contribution in [3.8, 4) is 0 Å². The van der Waals surface area contributed by atoms with Crippen molar-refractivity contribution in [3.63, 3.8) is 0 Å². The van der Waals surface area contributed by atoms with Crippen LogP contribution in [0.15, 0.2) is 121 Å². The maximum atomic E-state index is 11.8. The van der Waals surface area contributed by atoms with Crippen LogP contribution in [0.2, 0.25) is 0 Å². The van der Waals surface area contributed by atoms with Gasteiger partial charge in [0, 0.05) is 12.0 Å². The van der Waals surface area contributed by atoms with E-state index >= 15 is 0 Å². The maximum absolute atomic E-state index is 11.8. The SMILES string of the molecule is C/C(=C/C=C\C(=O)OCCOC/C=C\CC(c1ccccc1)c1ccccc1)c1ccccc1. The highest BCUT2D eigenvalue weighted by atomic mass is 16.6. The number of carbonyl (C=O) groups excluding carboxylic acids is 1. The highest BCUT2D eigenvalue weighted by Gasteiger charge is 2.11. The Balaban J connectivity index is 1.35. The van der Waals surface area contributed by atoms with Crippen LogP contribution in [0.25, 0.3) is 5.57 Å². The van der Waals surface area contributed by atoms with Crippen LogP contribution in [-0.4, -0.2) is 25.8 Å².